The third kappa shape index (κ3) is 7.58. The maximum absolute atomic E-state index is 13.8. The maximum atomic E-state index is 13.8. The number of carbonyl (C=O) groups is 1. The summed E-state index contributed by atoms with van der Waals surface area (Å²) in [5, 5.41) is 21.2. The van der Waals surface area contributed by atoms with E-state index in [1.807, 2.05) is 45.9 Å². The van der Waals surface area contributed by atoms with Gasteiger partial charge >= 0.3 is 16.1 Å². The number of aryl methyl sites for hydroxylation is 3. The Morgan fingerprint density at radius 2 is 1.61 bits per heavy atom. The highest BCUT2D eigenvalue weighted by atomic mass is 32.2. The normalized spacial score (nSPS) is 19.6. The predicted molar refractivity (Wildman–Crippen MR) is 181 cm³/mol. The first-order chi connectivity index (χ1) is 21.7. The summed E-state index contributed by atoms with van der Waals surface area (Å²) in [6.45, 7) is 9.67. The van der Waals surface area contributed by atoms with Crippen LogP contribution in [0.5, 0.6) is 11.5 Å². The number of esters is 1. The van der Waals surface area contributed by atoms with E-state index in [2.05, 4.69) is 0 Å². The Hall–Kier alpha value is -3.43. The van der Waals surface area contributed by atoms with Gasteiger partial charge in [0.15, 0.2) is 0 Å². The molecule has 0 saturated heterocycles. The van der Waals surface area contributed by atoms with Crippen molar-refractivity contribution in [1.82, 2.24) is 0 Å². The molecule has 5 rings (SSSR count). The minimum Gasteiger partial charge on any atom is -0.511 e. The average molecular weight is 665 g/mol. The molecule has 0 spiro atoms. The fourth-order valence-electron chi connectivity index (χ4n) is 6.47. The molecule has 1 atom stereocenters. The Morgan fingerprint density at radius 3 is 2.22 bits per heavy atom. The fraction of sp³-hybridized carbons (Fsp3) is 0.432. The standard InChI is InChI=1S/C37H44O7S2/c1-24-11-17-29(18-12-24)46(41,42)44-32-22-30(36(3,4)5)33(21-25(32)2)45-34-31(39)23-37(43-35(34)40,27-9-7-6-8-10-27)20-19-26-13-15-28(38)16-14-26/h11-18,21-22,27,38-39H,6-10,19-20,23H2,1-5H3. The Labute approximate surface area is 277 Å². The number of thioether (sulfide) groups is 1. The predicted octanol–water partition coefficient (Wildman–Crippen LogP) is 8.83. The number of rotatable bonds is 9. The third-order valence-electron chi connectivity index (χ3n) is 9.14. The van der Waals surface area contributed by atoms with Crippen LogP contribution in [0.4, 0.5) is 0 Å². The zero-order chi connectivity index (χ0) is 33.3. The van der Waals surface area contributed by atoms with Gasteiger partial charge in [-0.3, -0.25) is 0 Å². The maximum Gasteiger partial charge on any atom is 0.349 e. The van der Waals surface area contributed by atoms with Crippen LogP contribution in [0.15, 0.2) is 81.1 Å². The van der Waals surface area contributed by atoms with Crippen LogP contribution < -0.4 is 4.18 Å². The molecule has 1 unspecified atom stereocenters. The van der Waals surface area contributed by atoms with Crippen molar-refractivity contribution in [2.24, 2.45) is 5.92 Å². The topological polar surface area (TPSA) is 110 Å². The molecule has 2 aliphatic rings. The summed E-state index contributed by atoms with van der Waals surface area (Å²) in [7, 11) is -4.07. The van der Waals surface area contributed by atoms with Crippen LogP contribution in [0.3, 0.4) is 0 Å². The van der Waals surface area contributed by atoms with E-state index >= 15 is 0 Å². The summed E-state index contributed by atoms with van der Waals surface area (Å²) >= 11 is 1.16. The van der Waals surface area contributed by atoms with Gasteiger partial charge in [0, 0.05) is 11.3 Å². The molecule has 0 radical (unpaired) electrons. The van der Waals surface area contributed by atoms with E-state index in [1.165, 1.54) is 12.1 Å². The number of benzene rings is 3. The molecule has 1 aliphatic heterocycles. The second-order valence-corrected chi connectivity index (χ2v) is 16.3. The first kappa shape index (κ1) is 33.9. The van der Waals surface area contributed by atoms with Crippen LogP contribution in [0, 0.1) is 19.8 Å². The van der Waals surface area contributed by atoms with Gasteiger partial charge in [0.1, 0.15) is 32.7 Å². The SMILES string of the molecule is Cc1ccc(S(=O)(=O)Oc2cc(C(C)(C)C)c(SC3=C(O)CC(CCc4ccc(O)cc4)(C4CCCCC4)OC3=O)cc2C)cc1. The van der Waals surface area contributed by atoms with E-state index in [0.717, 1.165) is 65.5 Å². The van der Waals surface area contributed by atoms with Crippen molar-refractivity contribution in [1.29, 1.82) is 0 Å². The zero-order valence-electron chi connectivity index (χ0n) is 27.3. The zero-order valence-corrected chi connectivity index (χ0v) is 28.9. The minimum atomic E-state index is -4.07. The molecule has 3 aromatic rings. The molecule has 46 heavy (non-hydrogen) atoms. The molecule has 0 bridgehead atoms. The highest BCUT2D eigenvalue weighted by molar-refractivity contribution is 8.04. The van der Waals surface area contributed by atoms with Gasteiger partial charge in [0.2, 0.25) is 0 Å². The first-order valence-electron chi connectivity index (χ1n) is 15.9. The van der Waals surface area contributed by atoms with Crippen molar-refractivity contribution in [3.63, 3.8) is 0 Å². The van der Waals surface area contributed by atoms with Crippen LogP contribution >= 0.6 is 11.8 Å². The molecule has 1 fully saturated rings. The lowest BCUT2D eigenvalue weighted by Crippen LogP contribution is -2.47. The number of cyclic esters (lactones) is 1. The summed E-state index contributed by atoms with van der Waals surface area (Å²) in [6, 6.07) is 17.1. The quantitative estimate of drug-likeness (QED) is 0.173. The number of hydrogen-bond donors (Lipinski definition) is 2. The van der Waals surface area contributed by atoms with Crippen molar-refractivity contribution in [2.75, 3.05) is 0 Å². The van der Waals surface area contributed by atoms with Crippen molar-refractivity contribution in [3.05, 3.63) is 93.6 Å². The number of hydrogen-bond acceptors (Lipinski definition) is 8. The Bertz CT molecular complexity index is 1710. The van der Waals surface area contributed by atoms with Crippen molar-refractivity contribution in [2.45, 2.75) is 107 Å². The summed E-state index contributed by atoms with van der Waals surface area (Å²) < 4.78 is 38.3. The Morgan fingerprint density at radius 1 is 0.957 bits per heavy atom. The van der Waals surface area contributed by atoms with Crippen molar-refractivity contribution >= 4 is 27.8 Å². The summed E-state index contributed by atoms with van der Waals surface area (Å²) in [6.07, 6.45) is 6.64. The lowest BCUT2D eigenvalue weighted by atomic mass is 9.71. The fourth-order valence-corrected chi connectivity index (χ4v) is 8.70. The van der Waals surface area contributed by atoms with E-state index in [9.17, 15) is 23.4 Å². The molecule has 0 amide bonds. The highest BCUT2D eigenvalue weighted by Crippen LogP contribution is 2.49. The number of ether oxygens (including phenoxy) is 1. The molecule has 0 aromatic heterocycles. The second-order valence-electron chi connectivity index (χ2n) is 13.7. The van der Waals surface area contributed by atoms with E-state index < -0.39 is 27.1 Å². The lowest BCUT2D eigenvalue weighted by molar-refractivity contribution is -0.168. The molecule has 7 nitrogen and oxygen atoms in total. The molecule has 1 heterocycles. The molecular formula is C37H44O7S2. The van der Waals surface area contributed by atoms with Crippen molar-refractivity contribution in [3.8, 4) is 11.5 Å². The second kappa shape index (κ2) is 13.4. The molecule has 2 N–H and O–H groups in total. The summed E-state index contributed by atoms with van der Waals surface area (Å²) in [4.78, 5) is 14.8. The molecule has 3 aromatic carbocycles. The number of phenolic OH excluding ortho intramolecular Hbond substituents is 1. The number of phenols is 1. The van der Waals surface area contributed by atoms with Crippen LogP contribution in [-0.4, -0.2) is 30.2 Å². The van der Waals surface area contributed by atoms with Crippen LogP contribution in [0.25, 0.3) is 0 Å². The van der Waals surface area contributed by atoms with Crippen LogP contribution in [0.1, 0.15) is 88.0 Å². The summed E-state index contributed by atoms with van der Waals surface area (Å²) in [5.74, 6) is 0.0525. The van der Waals surface area contributed by atoms with Gasteiger partial charge in [-0.15, -0.1) is 0 Å². The number of aromatic hydroxyl groups is 1. The Balaban J connectivity index is 1.45. The van der Waals surface area contributed by atoms with Crippen LogP contribution in [0.2, 0.25) is 0 Å². The largest absolute Gasteiger partial charge is 0.511 e. The smallest absolute Gasteiger partial charge is 0.349 e. The lowest BCUT2D eigenvalue weighted by Gasteiger charge is -2.44. The monoisotopic (exact) mass is 664 g/mol. The van der Waals surface area contributed by atoms with E-state index in [-0.39, 0.29) is 39.4 Å². The van der Waals surface area contributed by atoms with Gasteiger partial charge in [-0.1, -0.05) is 81.6 Å². The average Bonchev–Trinajstić information content (AvgIpc) is 3.00. The van der Waals surface area contributed by atoms with E-state index in [0.29, 0.717) is 18.4 Å². The van der Waals surface area contributed by atoms with Gasteiger partial charge in [0.05, 0.1) is 0 Å². The number of aliphatic hydroxyl groups is 1. The number of carbonyl (C=O) groups excluding carboxylic acids is 1. The molecule has 9 heteroatoms. The van der Waals surface area contributed by atoms with Gasteiger partial charge in [-0.2, -0.15) is 8.42 Å². The first-order valence-corrected chi connectivity index (χ1v) is 18.2. The van der Waals surface area contributed by atoms with Crippen LogP contribution in [-0.2, 0) is 31.5 Å². The van der Waals surface area contributed by atoms with Gasteiger partial charge in [-0.05, 0) is 104 Å². The molecular weight excluding hydrogens is 621 g/mol. The third-order valence-corrected chi connectivity index (χ3v) is 11.6. The van der Waals surface area contributed by atoms with E-state index in [1.54, 1.807) is 37.3 Å². The van der Waals surface area contributed by atoms with Gasteiger partial charge in [-0.25, -0.2) is 4.79 Å². The molecule has 1 saturated carbocycles. The Kier molecular flexibility index (Phi) is 9.85. The van der Waals surface area contributed by atoms with Crippen molar-refractivity contribution < 1.29 is 32.3 Å². The highest BCUT2D eigenvalue weighted by Gasteiger charge is 2.48. The summed E-state index contributed by atoms with van der Waals surface area (Å²) in [5.41, 5.74) is 2.09. The molecule has 1 aliphatic carbocycles. The molecule has 246 valence electrons. The van der Waals surface area contributed by atoms with Gasteiger partial charge in [0.25, 0.3) is 0 Å². The van der Waals surface area contributed by atoms with E-state index in [4.69, 9.17) is 8.92 Å². The van der Waals surface area contributed by atoms with Gasteiger partial charge < -0.3 is 19.1 Å². The minimum absolute atomic E-state index is 0.0253. The number of aliphatic hydroxyl groups excluding tert-OH is 1.